The molecule has 7 heteroatoms. The Morgan fingerprint density at radius 2 is 2.43 bits per heavy atom. The molecule has 0 aliphatic heterocycles. The zero-order chi connectivity index (χ0) is 10.7. The molecule has 0 radical (unpaired) electrons. The first-order valence-electron chi connectivity index (χ1n) is 3.72. The average molecular weight is 262 g/mol. The first kappa shape index (κ1) is 11.0. The third-order valence-electron chi connectivity index (χ3n) is 1.61. The summed E-state index contributed by atoms with van der Waals surface area (Å²) in [6.07, 6.45) is 1.40. The smallest absolute Gasteiger partial charge is 0.293 e. The van der Waals surface area contributed by atoms with E-state index in [0.29, 0.717) is 4.47 Å². The van der Waals surface area contributed by atoms with Crippen LogP contribution in [0, 0.1) is 10.1 Å². The van der Waals surface area contributed by atoms with Gasteiger partial charge in [0, 0.05) is 16.7 Å². The Morgan fingerprint density at radius 3 is 2.93 bits per heavy atom. The number of pyridine rings is 1. The molecule has 1 aromatic heterocycles. The largest absolute Gasteiger partial charge is 0.394 e. The van der Waals surface area contributed by atoms with Crippen molar-refractivity contribution in [1.82, 2.24) is 4.98 Å². The second-order valence-corrected chi connectivity index (χ2v) is 3.52. The molecule has 0 aliphatic carbocycles. The number of rotatable bonds is 3. The maximum absolute atomic E-state index is 10.6. The van der Waals surface area contributed by atoms with E-state index >= 15 is 0 Å². The molecule has 3 N–H and O–H groups in total. The predicted molar refractivity (Wildman–Crippen MR) is 52.6 cm³/mol. The summed E-state index contributed by atoms with van der Waals surface area (Å²) in [5, 5.41) is 19.4. The van der Waals surface area contributed by atoms with Crippen LogP contribution in [0.25, 0.3) is 0 Å². The van der Waals surface area contributed by atoms with Gasteiger partial charge in [0.1, 0.15) is 5.69 Å². The quantitative estimate of drug-likeness (QED) is 0.617. The van der Waals surface area contributed by atoms with Gasteiger partial charge in [-0.1, -0.05) is 0 Å². The molecule has 0 fully saturated rings. The van der Waals surface area contributed by atoms with Crippen LogP contribution in [-0.2, 0) is 0 Å². The molecule has 0 bridgehead atoms. The molecule has 0 saturated heterocycles. The SMILES string of the molecule is NC(CO)c1ncc(Br)cc1[N+](=O)[O-]. The number of nitrogens with zero attached hydrogens (tertiary/aromatic N) is 2. The van der Waals surface area contributed by atoms with Crippen molar-refractivity contribution in [3.63, 3.8) is 0 Å². The fourth-order valence-corrected chi connectivity index (χ4v) is 1.28. The number of aliphatic hydroxyl groups is 1. The van der Waals surface area contributed by atoms with Crippen molar-refractivity contribution < 1.29 is 10.0 Å². The molecule has 1 unspecified atom stereocenters. The Hall–Kier alpha value is -1.05. The van der Waals surface area contributed by atoms with Crippen molar-refractivity contribution in [1.29, 1.82) is 0 Å². The van der Waals surface area contributed by atoms with E-state index in [1.165, 1.54) is 12.3 Å². The molecule has 14 heavy (non-hydrogen) atoms. The molecule has 76 valence electrons. The molecule has 1 rings (SSSR count). The van der Waals surface area contributed by atoms with E-state index in [-0.39, 0.29) is 18.0 Å². The van der Waals surface area contributed by atoms with Crippen LogP contribution in [0.4, 0.5) is 5.69 Å². The highest BCUT2D eigenvalue weighted by Crippen LogP contribution is 2.24. The summed E-state index contributed by atoms with van der Waals surface area (Å²) in [6, 6.07) is 0.473. The summed E-state index contributed by atoms with van der Waals surface area (Å²) in [5.41, 5.74) is 5.34. The third-order valence-corrected chi connectivity index (χ3v) is 2.04. The van der Waals surface area contributed by atoms with Gasteiger partial charge in [0.05, 0.1) is 17.6 Å². The average Bonchev–Trinajstić information content (AvgIpc) is 2.16. The first-order valence-corrected chi connectivity index (χ1v) is 4.52. The van der Waals surface area contributed by atoms with Gasteiger partial charge in [0.2, 0.25) is 0 Å². The zero-order valence-electron chi connectivity index (χ0n) is 7.05. The maximum atomic E-state index is 10.6. The second kappa shape index (κ2) is 4.45. The van der Waals surface area contributed by atoms with Gasteiger partial charge in [-0.05, 0) is 15.9 Å². The molecule has 6 nitrogen and oxygen atoms in total. The van der Waals surface area contributed by atoms with Gasteiger partial charge >= 0.3 is 0 Å². The van der Waals surface area contributed by atoms with Gasteiger partial charge in [-0.15, -0.1) is 0 Å². The van der Waals surface area contributed by atoms with E-state index in [1.807, 2.05) is 0 Å². The highest BCUT2D eigenvalue weighted by molar-refractivity contribution is 9.10. The number of aliphatic hydroxyl groups excluding tert-OH is 1. The number of nitrogens with two attached hydrogens (primary N) is 1. The highest BCUT2D eigenvalue weighted by atomic mass is 79.9. The molecule has 0 spiro atoms. The lowest BCUT2D eigenvalue weighted by Crippen LogP contribution is -2.17. The van der Waals surface area contributed by atoms with Crippen molar-refractivity contribution >= 4 is 21.6 Å². The van der Waals surface area contributed by atoms with Gasteiger partial charge in [-0.3, -0.25) is 15.1 Å². The fraction of sp³-hybridized carbons (Fsp3) is 0.286. The van der Waals surface area contributed by atoms with Gasteiger partial charge in [-0.2, -0.15) is 0 Å². The van der Waals surface area contributed by atoms with Gasteiger partial charge in [0.15, 0.2) is 0 Å². The molecular formula is C7H8BrN3O3. The molecule has 0 aromatic carbocycles. The van der Waals surface area contributed by atoms with E-state index in [0.717, 1.165) is 0 Å². The number of hydrogen-bond donors (Lipinski definition) is 2. The monoisotopic (exact) mass is 261 g/mol. The topological polar surface area (TPSA) is 102 Å². The van der Waals surface area contributed by atoms with Crippen LogP contribution in [0.3, 0.4) is 0 Å². The molecular weight excluding hydrogens is 254 g/mol. The summed E-state index contributed by atoms with van der Waals surface area (Å²) in [5.74, 6) is 0. The molecule has 1 atom stereocenters. The fourth-order valence-electron chi connectivity index (χ4n) is 0.958. The Morgan fingerprint density at radius 1 is 1.79 bits per heavy atom. The van der Waals surface area contributed by atoms with E-state index in [4.69, 9.17) is 10.8 Å². The van der Waals surface area contributed by atoms with Crippen LogP contribution >= 0.6 is 15.9 Å². The van der Waals surface area contributed by atoms with Crippen LogP contribution in [-0.4, -0.2) is 21.6 Å². The lowest BCUT2D eigenvalue weighted by atomic mass is 10.2. The van der Waals surface area contributed by atoms with Gasteiger partial charge < -0.3 is 10.8 Å². The molecule has 1 aromatic rings. The summed E-state index contributed by atoms with van der Waals surface area (Å²) >= 11 is 3.07. The Balaban J connectivity index is 3.21. The highest BCUT2D eigenvalue weighted by Gasteiger charge is 2.20. The minimum Gasteiger partial charge on any atom is -0.394 e. The third kappa shape index (κ3) is 2.25. The predicted octanol–water partition coefficient (Wildman–Crippen LogP) is 0.744. The van der Waals surface area contributed by atoms with Crippen molar-refractivity contribution in [3.8, 4) is 0 Å². The summed E-state index contributed by atoms with van der Waals surface area (Å²) < 4.78 is 0.498. The van der Waals surface area contributed by atoms with E-state index < -0.39 is 11.0 Å². The van der Waals surface area contributed by atoms with Crippen molar-refractivity contribution in [2.75, 3.05) is 6.61 Å². The van der Waals surface area contributed by atoms with Crippen LogP contribution in [0.1, 0.15) is 11.7 Å². The lowest BCUT2D eigenvalue weighted by molar-refractivity contribution is -0.386. The Bertz CT molecular complexity index is 358. The minimum absolute atomic E-state index is 0.0840. The van der Waals surface area contributed by atoms with Crippen LogP contribution in [0.5, 0.6) is 0 Å². The molecule has 0 aliphatic rings. The van der Waals surface area contributed by atoms with Crippen molar-refractivity contribution in [2.45, 2.75) is 6.04 Å². The Kier molecular flexibility index (Phi) is 3.50. The number of hydrogen-bond acceptors (Lipinski definition) is 5. The van der Waals surface area contributed by atoms with Crippen LogP contribution in [0.2, 0.25) is 0 Å². The summed E-state index contributed by atoms with van der Waals surface area (Å²) in [4.78, 5) is 13.8. The number of halogens is 1. The van der Waals surface area contributed by atoms with Gasteiger partial charge in [-0.25, -0.2) is 0 Å². The Labute approximate surface area is 88.0 Å². The van der Waals surface area contributed by atoms with Crippen LogP contribution in [0.15, 0.2) is 16.7 Å². The van der Waals surface area contributed by atoms with Crippen molar-refractivity contribution in [2.24, 2.45) is 5.73 Å². The number of nitro groups is 1. The second-order valence-electron chi connectivity index (χ2n) is 2.60. The first-order chi connectivity index (χ1) is 6.56. The summed E-state index contributed by atoms with van der Waals surface area (Å²) in [7, 11) is 0. The number of aromatic nitrogens is 1. The van der Waals surface area contributed by atoms with E-state index in [9.17, 15) is 10.1 Å². The summed E-state index contributed by atoms with van der Waals surface area (Å²) in [6.45, 7) is -0.379. The normalized spacial score (nSPS) is 12.5. The molecule has 0 saturated carbocycles. The molecule has 0 amide bonds. The van der Waals surface area contributed by atoms with E-state index in [1.54, 1.807) is 0 Å². The standard InChI is InChI=1S/C7H8BrN3O3/c8-4-1-6(11(13)14)7(10-2-4)5(9)3-12/h1-2,5,12H,3,9H2. The minimum atomic E-state index is -0.830. The maximum Gasteiger partial charge on any atom is 0.293 e. The van der Waals surface area contributed by atoms with Crippen LogP contribution < -0.4 is 5.73 Å². The molecule has 1 heterocycles. The van der Waals surface area contributed by atoms with Crippen molar-refractivity contribution in [3.05, 3.63) is 32.5 Å². The van der Waals surface area contributed by atoms with E-state index in [2.05, 4.69) is 20.9 Å². The lowest BCUT2D eigenvalue weighted by Gasteiger charge is -2.07. The van der Waals surface area contributed by atoms with Gasteiger partial charge in [0.25, 0.3) is 5.69 Å². The zero-order valence-corrected chi connectivity index (χ0v) is 8.64.